The molecule has 0 bridgehead atoms. The highest BCUT2D eigenvalue weighted by molar-refractivity contribution is 6.33. The molecule has 0 unspecified atom stereocenters. The van der Waals surface area contributed by atoms with E-state index in [2.05, 4.69) is 34.6 Å². The summed E-state index contributed by atoms with van der Waals surface area (Å²) < 4.78 is 7.37. The molecule has 2 aromatic rings. The fourth-order valence-corrected chi connectivity index (χ4v) is 5.64. The van der Waals surface area contributed by atoms with Gasteiger partial charge in [0.1, 0.15) is 5.82 Å². The lowest BCUT2D eigenvalue weighted by Crippen LogP contribution is -2.43. The summed E-state index contributed by atoms with van der Waals surface area (Å²) in [5.74, 6) is 0.230. The standard InChI is InChI=1S/C25H32ClN5O3/c1-25(2)10-21-19(11-28-31(21)14-25)18-9-22(27-12-20(18)26)30-23(32)15-4-3-5-17(8-15)29-24(33)16-6-7-34-13-16/h9,11-12,15-17H,3-8,10,13-14H2,1-2H3,(H,29,33)(H,27,30,32)/t15-,16+,17+/m0/s1. The SMILES string of the molecule is CC1(C)Cc2c(-c3cc(NC(=O)[C@H]4CCC[C@@H](NC(=O)[C@@H]5CCOC5)C4)ncc3Cl)cnn2C1. The van der Waals surface area contributed by atoms with Crippen LogP contribution in [-0.2, 0) is 27.3 Å². The lowest BCUT2D eigenvalue weighted by molar-refractivity contribution is -0.127. The third-order valence-electron chi connectivity index (χ3n) is 7.26. The smallest absolute Gasteiger partial charge is 0.228 e. The summed E-state index contributed by atoms with van der Waals surface area (Å²) in [7, 11) is 0. The van der Waals surface area contributed by atoms with Crippen LogP contribution in [0.15, 0.2) is 18.5 Å². The summed E-state index contributed by atoms with van der Waals surface area (Å²) in [5, 5.41) is 11.2. The van der Waals surface area contributed by atoms with Crippen molar-refractivity contribution in [2.75, 3.05) is 18.5 Å². The van der Waals surface area contributed by atoms with Crippen molar-refractivity contribution in [1.82, 2.24) is 20.1 Å². The fourth-order valence-electron chi connectivity index (χ4n) is 5.43. The summed E-state index contributed by atoms with van der Waals surface area (Å²) in [6.45, 7) is 6.47. The maximum absolute atomic E-state index is 13.1. The number of anilines is 1. The van der Waals surface area contributed by atoms with Crippen molar-refractivity contribution in [3.63, 3.8) is 0 Å². The quantitative estimate of drug-likeness (QED) is 0.670. The van der Waals surface area contributed by atoms with Crippen LogP contribution in [0.25, 0.3) is 11.1 Å². The number of hydrogen-bond donors (Lipinski definition) is 2. The number of rotatable bonds is 5. The molecule has 8 nitrogen and oxygen atoms in total. The average molecular weight is 486 g/mol. The lowest BCUT2D eigenvalue weighted by atomic mass is 9.84. The number of carbonyl (C=O) groups is 2. The molecule has 0 aromatic carbocycles. The Labute approximate surface area is 204 Å². The molecule has 34 heavy (non-hydrogen) atoms. The number of amides is 2. The summed E-state index contributed by atoms with van der Waals surface area (Å²) >= 11 is 6.51. The molecule has 3 atom stereocenters. The number of nitrogens with zero attached hydrogens (tertiary/aromatic N) is 3. The van der Waals surface area contributed by atoms with Gasteiger partial charge in [-0.3, -0.25) is 14.3 Å². The molecular formula is C25H32ClN5O3. The fraction of sp³-hybridized carbons (Fsp3) is 0.600. The van der Waals surface area contributed by atoms with Gasteiger partial charge in [0.25, 0.3) is 0 Å². The number of hydrogen-bond acceptors (Lipinski definition) is 5. The van der Waals surface area contributed by atoms with Gasteiger partial charge in [0.2, 0.25) is 11.8 Å². The van der Waals surface area contributed by atoms with Gasteiger partial charge in [-0.1, -0.05) is 31.9 Å². The van der Waals surface area contributed by atoms with E-state index in [0.717, 1.165) is 55.5 Å². The van der Waals surface area contributed by atoms with Gasteiger partial charge in [-0.15, -0.1) is 0 Å². The van der Waals surface area contributed by atoms with E-state index >= 15 is 0 Å². The predicted molar refractivity (Wildman–Crippen MR) is 129 cm³/mol. The Hall–Kier alpha value is -2.45. The molecule has 1 saturated carbocycles. The van der Waals surface area contributed by atoms with Crippen LogP contribution in [-0.4, -0.2) is 45.8 Å². The van der Waals surface area contributed by atoms with E-state index in [1.807, 2.05) is 16.9 Å². The number of carbonyl (C=O) groups excluding carboxylic acids is 2. The highest BCUT2D eigenvalue weighted by Gasteiger charge is 2.33. The maximum atomic E-state index is 13.1. The van der Waals surface area contributed by atoms with Gasteiger partial charge in [0.15, 0.2) is 0 Å². The molecule has 3 aliphatic rings. The zero-order valence-electron chi connectivity index (χ0n) is 19.8. The molecule has 2 amide bonds. The first-order valence-corrected chi connectivity index (χ1v) is 12.6. The van der Waals surface area contributed by atoms with E-state index in [1.165, 1.54) is 0 Å². The Kier molecular flexibility index (Phi) is 6.37. The average Bonchev–Trinajstić information content (AvgIpc) is 3.52. The first-order valence-electron chi connectivity index (χ1n) is 12.2. The number of fused-ring (bicyclic) bond motifs is 1. The van der Waals surface area contributed by atoms with Gasteiger partial charge in [-0.2, -0.15) is 5.10 Å². The second kappa shape index (κ2) is 9.30. The van der Waals surface area contributed by atoms with Gasteiger partial charge in [-0.05, 0) is 43.6 Å². The Morgan fingerprint density at radius 1 is 1.15 bits per heavy atom. The van der Waals surface area contributed by atoms with Crippen molar-refractivity contribution in [3.8, 4) is 11.1 Å². The number of ether oxygens (including phenoxy) is 1. The molecule has 2 N–H and O–H groups in total. The van der Waals surface area contributed by atoms with E-state index in [9.17, 15) is 9.59 Å². The minimum Gasteiger partial charge on any atom is -0.381 e. The van der Waals surface area contributed by atoms with Gasteiger partial charge >= 0.3 is 0 Å². The Morgan fingerprint density at radius 3 is 2.79 bits per heavy atom. The first-order chi connectivity index (χ1) is 16.3. The van der Waals surface area contributed by atoms with Crippen LogP contribution in [0.1, 0.15) is 51.6 Å². The highest BCUT2D eigenvalue weighted by Crippen LogP contribution is 2.39. The van der Waals surface area contributed by atoms with Crippen LogP contribution in [0.3, 0.4) is 0 Å². The van der Waals surface area contributed by atoms with E-state index < -0.39 is 0 Å². The summed E-state index contributed by atoms with van der Waals surface area (Å²) in [6, 6.07) is 1.86. The molecule has 4 heterocycles. The third-order valence-corrected chi connectivity index (χ3v) is 7.56. The first kappa shape index (κ1) is 23.3. The minimum absolute atomic E-state index is 0.0182. The molecular weight excluding hydrogens is 454 g/mol. The van der Waals surface area contributed by atoms with Crippen molar-refractivity contribution in [2.45, 2.75) is 65.0 Å². The van der Waals surface area contributed by atoms with E-state index in [0.29, 0.717) is 30.5 Å². The van der Waals surface area contributed by atoms with E-state index in [1.54, 1.807) is 6.20 Å². The molecule has 1 aliphatic carbocycles. The topological polar surface area (TPSA) is 98.1 Å². The second-order valence-corrected chi connectivity index (χ2v) is 11.1. The zero-order valence-corrected chi connectivity index (χ0v) is 20.5. The van der Waals surface area contributed by atoms with Crippen molar-refractivity contribution in [2.24, 2.45) is 17.3 Å². The summed E-state index contributed by atoms with van der Waals surface area (Å²) in [6.07, 6.45) is 8.37. The second-order valence-electron chi connectivity index (χ2n) is 10.7. The molecule has 2 aromatic heterocycles. The minimum atomic E-state index is -0.166. The van der Waals surface area contributed by atoms with Crippen molar-refractivity contribution < 1.29 is 14.3 Å². The zero-order chi connectivity index (χ0) is 23.9. The van der Waals surface area contributed by atoms with Gasteiger partial charge in [0, 0.05) is 48.1 Å². The number of nitrogens with one attached hydrogen (secondary N) is 2. The van der Waals surface area contributed by atoms with Crippen LogP contribution in [0, 0.1) is 17.3 Å². The van der Waals surface area contributed by atoms with Crippen molar-refractivity contribution in [3.05, 3.63) is 29.2 Å². The molecule has 182 valence electrons. The molecule has 5 rings (SSSR count). The Balaban J connectivity index is 1.25. The largest absolute Gasteiger partial charge is 0.381 e. The Bertz CT molecular complexity index is 1090. The maximum Gasteiger partial charge on any atom is 0.228 e. The Morgan fingerprint density at radius 2 is 2.00 bits per heavy atom. The molecule has 1 saturated heterocycles. The molecule has 2 aliphatic heterocycles. The normalized spacial score (nSPS) is 25.7. The summed E-state index contributed by atoms with van der Waals surface area (Å²) in [5.41, 5.74) is 3.14. The monoisotopic (exact) mass is 485 g/mol. The van der Waals surface area contributed by atoms with Crippen LogP contribution in [0.2, 0.25) is 5.02 Å². The van der Waals surface area contributed by atoms with E-state index in [4.69, 9.17) is 16.3 Å². The predicted octanol–water partition coefficient (Wildman–Crippen LogP) is 3.83. The van der Waals surface area contributed by atoms with E-state index in [-0.39, 0.29) is 35.1 Å². The highest BCUT2D eigenvalue weighted by atomic mass is 35.5. The molecule has 2 fully saturated rings. The van der Waals surface area contributed by atoms with Crippen LogP contribution < -0.4 is 10.6 Å². The molecule has 0 radical (unpaired) electrons. The van der Waals surface area contributed by atoms with Gasteiger partial charge in [-0.25, -0.2) is 4.98 Å². The van der Waals surface area contributed by atoms with Gasteiger partial charge in [0.05, 0.1) is 23.7 Å². The summed E-state index contributed by atoms with van der Waals surface area (Å²) in [4.78, 5) is 29.9. The van der Waals surface area contributed by atoms with Crippen LogP contribution in [0.5, 0.6) is 0 Å². The van der Waals surface area contributed by atoms with Crippen molar-refractivity contribution in [1.29, 1.82) is 0 Å². The van der Waals surface area contributed by atoms with Crippen molar-refractivity contribution >= 4 is 29.2 Å². The van der Waals surface area contributed by atoms with Crippen LogP contribution in [0.4, 0.5) is 5.82 Å². The van der Waals surface area contributed by atoms with Crippen LogP contribution >= 0.6 is 11.6 Å². The number of aromatic nitrogens is 3. The third kappa shape index (κ3) is 4.84. The molecule has 0 spiro atoms. The van der Waals surface area contributed by atoms with Gasteiger partial charge < -0.3 is 15.4 Å². The number of pyridine rings is 1. The lowest BCUT2D eigenvalue weighted by Gasteiger charge is -2.29. The molecule has 9 heteroatoms. The number of halogens is 1.